The summed E-state index contributed by atoms with van der Waals surface area (Å²) >= 11 is 12.2. The average molecular weight is 315 g/mol. The molecule has 1 heterocycles. The molecular weight excluding hydrogens is 298 g/mol. The Kier molecular flexibility index (Phi) is 3.46. The molecule has 1 saturated carbocycles. The zero-order valence-electron chi connectivity index (χ0n) is 11.6. The molecule has 0 bridgehead atoms. The zero-order chi connectivity index (χ0) is 14.5. The Morgan fingerprint density at radius 3 is 2.60 bits per heavy atom. The maximum atomic E-state index is 13.8. The van der Waals surface area contributed by atoms with Crippen molar-refractivity contribution in [3.63, 3.8) is 0 Å². The van der Waals surface area contributed by atoms with Gasteiger partial charge in [-0.05, 0) is 32.8 Å². The van der Waals surface area contributed by atoms with Crippen molar-refractivity contribution < 1.29 is 4.39 Å². The Morgan fingerprint density at radius 1 is 1.35 bits per heavy atom. The summed E-state index contributed by atoms with van der Waals surface area (Å²) < 4.78 is 16.0. The molecule has 2 aromatic rings. The summed E-state index contributed by atoms with van der Waals surface area (Å²) in [6.45, 7) is 4.10. The van der Waals surface area contributed by atoms with Crippen molar-refractivity contribution in [1.82, 2.24) is 9.55 Å². The molecule has 108 valence electrons. The Labute approximate surface area is 127 Å². The fourth-order valence-electron chi connectivity index (χ4n) is 3.29. The van der Waals surface area contributed by atoms with Crippen molar-refractivity contribution in [2.24, 2.45) is 0 Å². The lowest BCUT2D eigenvalue weighted by Gasteiger charge is -2.29. The Bertz CT molecular complexity index is 657. The highest BCUT2D eigenvalue weighted by atomic mass is 35.5. The summed E-state index contributed by atoms with van der Waals surface area (Å²) in [6.07, 6.45) is 4.50. The van der Waals surface area contributed by atoms with Gasteiger partial charge in [0.1, 0.15) is 11.6 Å². The number of nitrogens with zero attached hydrogens (tertiary/aromatic N) is 2. The molecule has 0 N–H and O–H groups in total. The third-order valence-corrected chi connectivity index (χ3v) is 4.78. The van der Waals surface area contributed by atoms with Gasteiger partial charge in [-0.1, -0.05) is 24.4 Å². The molecule has 0 radical (unpaired) electrons. The van der Waals surface area contributed by atoms with E-state index in [2.05, 4.69) is 16.5 Å². The first-order valence-corrected chi connectivity index (χ1v) is 7.76. The van der Waals surface area contributed by atoms with E-state index in [4.69, 9.17) is 23.2 Å². The summed E-state index contributed by atoms with van der Waals surface area (Å²) in [7, 11) is 0. The third-order valence-electron chi connectivity index (χ3n) is 4.30. The molecule has 1 aliphatic rings. The number of rotatable bonds is 2. The second-order valence-electron chi connectivity index (χ2n) is 5.88. The standard InChI is InChI=1S/C15H17Cl2FN2/c1-9(16)14-19-12-7-10(17)11(18)8-13(12)20(14)15(2)5-3-4-6-15/h7-9H,3-6H2,1-2H3. The minimum Gasteiger partial charge on any atom is -0.321 e. The zero-order valence-corrected chi connectivity index (χ0v) is 13.1. The van der Waals surface area contributed by atoms with Crippen molar-refractivity contribution in [2.45, 2.75) is 50.4 Å². The predicted molar refractivity (Wildman–Crippen MR) is 81.1 cm³/mol. The molecule has 1 aromatic heterocycles. The molecule has 0 aliphatic heterocycles. The van der Waals surface area contributed by atoms with Gasteiger partial charge in [0.05, 0.1) is 21.4 Å². The van der Waals surface area contributed by atoms with E-state index in [1.54, 1.807) is 6.07 Å². The van der Waals surface area contributed by atoms with E-state index in [0.29, 0.717) is 5.52 Å². The fourth-order valence-corrected chi connectivity index (χ4v) is 3.59. The van der Waals surface area contributed by atoms with E-state index < -0.39 is 5.82 Å². The highest BCUT2D eigenvalue weighted by molar-refractivity contribution is 6.31. The summed E-state index contributed by atoms with van der Waals surface area (Å²) in [5.41, 5.74) is 1.47. The lowest BCUT2D eigenvalue weighted by atomic mass is 9.99. The van der Waals surface area contributed by atoms with E-state index in [1.165, 1.54) is 18.9 Å². The molecule has 1 atom stereocenters. The second-order valence-corrected chi connectivity index (χ2v) is 6.94. The van der Waals surface area contributed by atoms with Gasteiger partial charge in [-0.15, -0.1) is 11.6 Å². The summed E-state index contributed by atoms with van der Waals surface area (Å²) in [5.74, 6) is 0.392. The number of hydrogen-bond donors (Lipinski definition) is 0. The molecule has 0 spiro atoms. The SMILES string of the molecule is CC(Cl)c1nc2cc(Cl)c(F)cc2n1C1(C)CCCC1. The van der Waals surface area contributed by atoms with Gasteiger partial charge < -0.3 is 4.57 Å². The van der Waals surface area contributed by atoms with Gasteiger partial charge in [-0.3, -0.25) is 0 Å². The van der Waals surface area contributed by atoms with E-state index >= 15 is 0 Å². The lowest BCUT2D eigenvalue weighted by molar-refractivity contribution is 0.328. The van der Waals surface area contributed by atoms with Crippen LogP contribution in [0.3, 0.4) is 0 Å². The highest BCUT2D eigenvalue weighted by Crippen LogP contribution is 2.41. The maximum absolute atomic E-state index is 13.8. The number of fused-ring (bicyclic) bond motifs is 1. The van der Waals surface area contributed by atoms with Crippen LogP contribution in [0.5, 0.6) is 0 Å². The van der Waals surface area contributed by atoms with E-state index in [1.807, 2.05) is 6.92 Å². The van der Waals surface area contributed by atoms with Gasteiger partial charge in [0.15, 0.2) is 0 Å². The summed E-state index contributed by atoms with van der Waals surface area (Å²) in [6, 6.07) is 3.07. The number of hydrogen-bond acceptors (Lipinski definition) is 1. The van der Waals surface area contributed by atoms with Crippen molar-refractivity contribution in [1.29, 1.82) is 0 Å². The minimum atomic E-state index is -0.407. The van der Waals surface area contributed by atoms with Crippen molar-refractivity contribution in [3.8, 4) is 0 Å². The molecule has 2 nitrogen and oxygen atoms in total. The molecule has 1 aliphatic carbocycles. The number of imidazole rings is 1. The number of benzene rings is 1. The van der Waals surface area contributed by atoms with Gasteiger partial charge in [0.25, 0.3) is 0 Å². The average Bonchev–Trinajstić information content (AvgIpc) is 2.95. The van der Waals surface area contributed by atoms with Crippen molar-refractivity contribution in [2.75, 3.05) is 0 Å². The summed E-state index contributed by atoms with van der Waals surface area (Å²) in [5, 5.41) is -0.117. The van der Waals surface area contributed by atoms with Crippen LogP contribution in [0, 0.1) is 5.82 Å². The van der Waals surface area contributed by atoms with E-state index in [-0.39, 0.29) is 15.9 Å². The van der Waals surface area contributed by atoms with Gasteiger partial charge in [-0.25, -0.2) is 9.37 Å². The normalized spacial score (nSPS) is 19.6. The first-order valence-electron chi connectivity index (χ1n) is 6.94. The summed E-state index contributed by atoms with van der Waals surface area (Å²) in [4.78, 5) is 4.58. The molecule has 1 fully saturated rings. The number of aromatic nitrogens is 2. The maximum Gasteiger partial charge on any atom is 0.144 e. The quantitative estimate of drug-likeness (QED) is 0.677. The van der Waals surface area contributed by atoms with E-state index in [0.717, 1.165) is 24.2 Å². The molecule has 20 heavy (non-hydrogen) atoms. The fraction of sp³-hybridized carbons (Fsp3) is 0.533. The Morgan fingerprint density at radius 2 is 2.00 bits per heavy atom. The van der Waals surface area contributed by atoms with Crippen LogP contribution in [0.4, 0.5) is 4.39 Å². The molecule has 1 aromatic carbocycles. The van der Waals surface area contributed by atoms with Crippen molar-refractivity contribution >= 4 is 34.2 Å². The molecular formula is C15H17Cl2FN2. The first kappa shape index (κ1) is 14.2. The third kappa shape index (κ3) is 2.11. The Balaban J connectivity index is 2.31. The van der Waals surface area contributed by atoms with Gasteiger partial charge in [0.2, 0.25) is 0 Å². The number of alkyl halides is 1. The smallest absolute Gasteiger partial charge is 0.144 e. The number of halogens is 3. The first-order chi connectivity index (χ1) is 9.42. The molecule has 0 saturated heterocycles. The van der Waals surface area contributed by atoms with Crippen LogP contribution in [-0.4, -0.2) is 9.55 Å². The van der Waals surface area contributed by atoms with Gasteiger partial charge in [0, 0.05) is 11.6 Å². The monoisotopic (exact) mass is 314 g/mol. The Hall–Kier alpha value is -0.800. The largest absolute Gasteiger partial charge is 0.321 e. The van der Waals surface area contributed by atoms with Crippen LogP contribution >= 0.6 is 23.2 Å². The van der Waals surface area contributed by atoms with Gasteiger partial charge >= 0.3 is 0 Å². The van der Waals surface area contributed by atoms with E-state index in [9.17, 15) is 4.39 Å². The van der Waals surface area contributed by atoms with Crippen LogP contribution in [0.2, 0.25) is 5.02 Å². The van der Waals surface area contributed by atoms with Gasteiger partial charge in [-0.2, -0.15) is 0 Å². The van der Waals surface area contributed by atoms with Crippen LogP contribution in [0.25, 0.3) is 11.0 Å². The van der Waals surface area contributed by atoms with Crippen molar-refractivity contribution in [3.05, 3.63) is 28.8 Å². The molecule has 3 rings (SSSR count). The van der Waals surface area contributed by atoms with Crippen LogP contribution < -0.4 is 0 Å². The predicted octanol–water partition coefficient (Wildman–Crippen LogP) is 5.42. The second kappa shape index (κ2) is 4.88. The van der Waals surface area contributed by atoms with Crippen LogP contribution in [0.15, 0.2) is 12.1 Å². The minimum absolute atomic E-state index is 0.0342. The molecule has 0 amide bonds. The van der Waals surface area contributed by atoms with Crippen LogP contribution in [-0.2, 0) is 5.54 Å². The topological polar surface area (TPSA) is 17.8 Å². The highest BCUT2D eigenvalue weighted by Gasteiger charge is 2.35. The van der Waals surface area contributed by atoms with Crippen LogP contribution in [0.1, 0.15) is 50.7 Å². The lowest BCUT2D eigenvalue weighted by Crippen LogP contribution is -2.28. The molecule has 5 heteroatoms. The molecule has 1 unspecified atom stereocenters.